The average molecular weight is 123 g/mol. The molecular weight excluding hydrogens is 108 g/mol. The van der Waals surface area contributed by atoms with E-state index < -0.39 is 0 Å². The van der Waals surface area contributed by atoms with Crippen LogP contribution in [0.25, 0.3) is 0 Å². The maximum Gasteiger partial charge on any atom is -0.0208 e. The van der Waals surface area contributed by atoms with Crippen LogP contribution in [-0.2, 0) is 0 Å². The van der Waals surface area contributed by atoms with Crippen LogP contribution >= 0.6 is 0 Å². The lowest BCUT2D eigenvalue weighted by Gasteiger charge is -2.19. The standard InChI is InChI=1S/C9H15/c1-8(2)9-6-4-3-5-7-9/h4,6,8-9H,1,3,5,7H2,2H3. The Morgan fingerprint density at radius 2 is 2.44 bits per heavy atom. The Kier molecular flexibility index (Phi) is 2.32. The average Bonchev–Trinajstić information content (AvgIpc) is 1.90. The van der Waals surface area contributed by atoms with Gasteiger partial charge in [0.25, 0.3) is 0 Å². The molecule has 0 nitrogen and oxygen atoms in total. The lowest BCUT2D eigenvalue weighted by molar-refractivity contribution is 0.444. The SMILES string of the molecule is [CH2]C(C)C1C=CCCC1. The maximum absolute atomic E-state index is 4.01. The van der Waals surface area contributed by atoms with E-state index in [4.69, 9.17) is 0 Å². The molecule has 51 valence electrons. The van der Waals surface area contributed by atoms with Crippen molar-refractivity contribution in [3.8, 4) is 0 Å². The second-order valence-electron chi connectivity index (χ2n) is 3.00. The van der Waals surface area contributed by atoms with Crippen LogP contribution in [0.15, 0.2) is 12.2 Å². The van der Waals surface area contributed by atoms with Gasteiger partial charge in [0.15, 0.2) is 0 Å². The Morgan fingerprint density at radius 1 is 1.67 bits per heavy atom. The fourth-order valence-electron chi connectivity index (χ4n) is 1.31. The molecule has 0 aromatic carbocycles. The van der Waals surface area contributed by atoms with Crippen LogP contribution in [0.2, 0.25) is 0 Å². The normalized spacial score (nSPS) is 27.2. The Balaban J connectivity index is 2.40. The predicted octanol–water partition coefficient (Wildman–Crippen LogP) is 2.81. The molecule has 0 heterocycles. The smallest absolute Gasteiger partial charge is 0.0208 e. The maximum atomic E-state index is 4.01. The van der Waals surface area contributed by atoms with Gasteiger partial charge in [-0.1, -0.05) is 19.1 Å². The molecule has 0 aromatic heterocycles. The fourth-order valence-corrected chi connectivity index (χ4v) is 1.31. The first-order valence-corrected chi connectivity index (χ1v) is 3.80. The van der Waals surface area contributed by atoms with Crippen molar-refractivity contribution in [2.24, 2.45) is 11.8 Å². The minimum Gasteiger partial charge on any atom is -0.0882 e. The van der Waals surface area contributed by atoms with Crippen LogP contribution in [0, 0.1) is 18.8 Å². The zero-order chi connectivity index (χ0) is 6.69. The number of allylic oxidation sites excluding steroid dienone is 2. The van der Waals surface area contributed by atoms with Crippen molar-refractivity contribution in [2.45, 2.75) is 26.2 Å². The first-order valence-electron chi connectivity index (χ1n) is 3.80. The van der Waals surface area contributed by atoms with Crippen molar-refractivity contribution < 1.29 is 0 Å². The first-order chi connectivity index (χ1) is 4.30. The Labute approximate surface area is 58.0 Å². The molecule has 1 aliphatic rings. The summed E-state index contributed by atoms with van der Waals surface area (Å²) in [6, 6.07) is 0. The Morgan fingerprint density at radius 3 is 2.78 bits per heavy atom. The summed E-state index contributed by atoms with van der Waals surface area (Å²) in [4.78, 5) is 0. The van der Waals surface area contributed by atoms with E-state index in [-0.39, 0.29) is 0 Å². The third-order valence-corrected chi connectivity index (χ3v) is 2.02. The minimum absolute atomic E-state index is 0.599. The lowest BCUT2D eigenvalue weighted by atomic mass is 9.87. The molecule has 0 saturated heterocycles. The summed E-state index contributed by atoms with van der Waals surface area (Å²) < 4.78 is 0. The lowest BCUT2D eigenvalue weighted by Crippen LogP contribution is -2.07. The van der Waals surface area contributed by atoms with E-state index in [0.29, 0.717) is 5.92 Å². The van der Waals surface area contributed by atoms with Crippen molar-refractivity contribution >= 4 is 0 Å². The zero-order valence-corrected chi connectivity index (χ0v) is 6.14. The summed E-state index contributed by atoms with van der Waals surface area (Å²) in [5.74, 6) is 1.36. The van der Waals surface area contributed by atoms with Crippen molar-refractivity contribution in [3.05, 3.63) is 19.1 Å². The number of rotatable bonds is 1. The van der Waals surface area contributed by atoms with Crippen LogP contribution in [0.3, 0.4) is 0 Å². The second kappa shape index (κ2) is 3.05. The van der Waals surface area contributed by atoms with Crippen LogP contribution in [0.1, 0.15) is 26.2 Å². The molecule has 0 saturated carbocycles. The van der Waals surface area contributed by atoms with Gasteiger partial charge in [-0.3, -0.25) is 0 Å². The van der Waals surface area contributed by atoms with Crippen molar-refractivity contribution in [2.75, 3.05) is 0 Å². The number of hydrogen-bond acceptors (Lipinski definition) is 0. The van der Waals surface area contributed by atoms with Crippen molar-refractivity contribution in [1.82, 2.24) is 0 Å². The van der Waals surface area contributed by atoms with E-state index in [9.17, 15) is 0 Å². The molecular formula is C9H15. The summed E-state index contributed by atoms with van der Waals surface area (Å²) in [6.45, 7) is 6.21. The molecule has 0 aromatic rings. The van der Waals surface area contributed by atoms with E-state index in [0.717, 1.165) is 5.92 Å². The number of hydrogen-bond donors (Lipinski definition) is 0. The van der Waals surface area contributed by atoms with Gasteiger partial charge in [0.1, 0.15) is 0 Å². The largest absolute Gasteiger partial charge is 0.0882 e. The minimum atomic E-state index is 0.599. The van der Waals surface area contributed by atoms with E-state index in [1.807, 2.05) is 0 Å². The summed E-state index contributed by atoms with van der Waals surface area (Å²) in [5, 5.41) is 0. The summed E-state index contributed by atoms with van der Waals surface area (Å²) in [6.07, 6.45) is 8.60. The molecule has 0 N–H and O–H groups in total. The van der Waals surface area contributed by atoms with Gasteiger partial charge in [-0.25, -0.2) is 0 Å². The highest BCUT2D eigenvalue weighted by atomic mass is 14.2. The highest BCUT2D eigenvalue weighted by Crippen LogP contribution is 2.23. The zero-order valence-electron chi connectivity index (χ0n) is 6.14. The van der Waals surface area contributed by atoms with E-state index >= 15 is 0 Å². The van der Waals surface area contributed by atoms with Gasteiger partial charge in [0.2, 0.25) is 0 Å². The van der Waals surface area contributed by atoms with Gasteiger partial charge >= 0.3 is 0 Å². The van der Waals surface area contributed by atoms with Crippen LogP contribution in [0.5, 0.6) is 0 Å². The van der Waals surface area contributed by atoms with Gasteiger partial charge in [0, 0.05) is 0 Å². The molecule has 9 heavy (non-hydrogen) atoms. The summed E-state index contributed by atoms with van der Waals surface area (Å²) in [7, 11) is 0. The molecule has 0 aliphatic heterocycles. The van der Waals surface area contributed by atoms with Gasteiger partial charge in [-0.05, 0) is 38.0 Å². The predicted molar refractivity (Wildman–Crippen MR) is 41.0 cm³/mol. The fraction of sp³-hybridized carbons (Fsp3) is 0.667. The quantitative estimate of drug-likeness (QED) is 0.470. The highest BCUT2D eigenvalue weighted by Gasteiger charge is 2.11. The molecule has 0 bridgehead atoms. The van der Waals surface area contributed by atoms with E-state index in [1.165, 1.54) is 19.3 Å². The molecule has 0 heteroatoms. The van der Waals surface area contributed by atoms with Gasteiger partial charge in [-0.2, -0.15) is 0 Å². The topological polar surface area (TPSA) is 0 Å². The van der Waals surface area contributed by atoms with Crippen LogP contribution in [-0.4, -0.2) is 0 Å². The van der Waals surface area contributed by atoms with Crippen molar-refractivity contribution in [3.63, 3.8) is 0 Å². The monoisotopic (exact) mass is 123 g/mol. The van der Waals surface area contributed by atoms with E-state index in [2.05, 4.69) is 26.0 Å². The molecule has 0 fully saturated rings. The Hall–Kier alpha value is -0.260. The highest BCUT2D eigenvalue weighted by molar-refractivity contribution is 4.95. The molecule has 0 amide bonds. The molecule has 0 spiro atoms. The van der Waals surface area contributed by atoms with Gasteiger partial charge < -0.3 is 0 Å². The summed E-state index contributed by atoms with van der Waals surface area (Å²) >= 11 is 0. The van der Waals surface area contributed by atoms with E-state index in [1.54, 1.807) is 0 Å². The Bertz CT molecular complexity index is 101. The third kappa shape index (κ3) is 1.85. The van der Waals surface area contributed by atoms with Crippen LogP contribution in [0.4, 0.5) is 0 Å². The molecule has 1 aliphatic carbocycles. The summed E-state index contributed by atoms with van der Waals surface area (Å²) in [5.41, 5.74) is 0. The third-order valence-electron chi connectivity index (χ3n) is 2.02. The van der Waals surface area contributed by atoms with Gasteiger partial charge in [0.05, 0.1) is 0 Å². The molecule has 1 rings (SSSR count). The van der Waals surface area contributed by atoms with Crippen molar-refractivity contribution in [1.29, 1.82) is 0 Å². The molecule has 2 atom stereocenters. The second-order valence-corrected chi connectivity index (χ2v) is 3.00. The first kappa shape index (κ1) is 6.85. The van der Waals surface area contributed by atoms with Gasteiger partial charge in [-0.15, -0.1) is 0 Å². The molecule has 1 radical (unpaired) electrons. The molecule has 2 unspecified atom stereocenters. The van der Waals surface area contributed by atoms with Crippen LogP contribution < -0.4 is 0 Å².